The lowest BCUT2D eigenvalue weighted by atomic mass is 9.95. The number of rotatable bonds is 6. The zero-order valence-corrected chi connectivity index (χ0v) is 55.6. The quantitative estimate of drug-likeness (QED) is 0.156. The van der Waals surface area contributed by atoms with Gasteiger partial charge in [-0.25, -0.2) is 18.3 Å². The Morgan fingerprint density at radius 2 is 0.766 bits per heavy atom. The summed E-state index contributed by atoms with van der Waals surface area (Å²) < 4.78 is 110. The monoisotopic (exact) mass is 1250 g/mol. The van der Waals surface area contributed by atoms with E-state index in [4.69, 9.17) is 31.4 Å². The summed E-state index contributed by atoms with van der Waals surface area (Å²) in [6.07, 6.45) is 7.34. The maximum Gasteiger partial charge on any atom is 0.216 e. The van der Waals surface area contributed by atoms with E-state index in [1.165, 1.54) is 45.6 Å². The molecule has 0 amide bonds. The summed E-state index contributed by atoms with van der Waals surface area (Å²) in [4.78, 5) is 0. The van der Waals surface area contributed by atoms with Gasteiger partial charge in [0.15, 0.2) is 24.8 Å². The van der Waals surface area contributed by atoms with Crippen LogP contribution in [0.1, 0.15) is 109 Å². The molecule has 8 nitrogen and oxygen atoms in total. The topological polar surface area (TPSA) is 68.1 Å². The Bertz CT molecular complexity index is 6050. The molecule has 8 heterocycles. The summed E-state index contributed by atoms with van der Waals surface area (Å²) in [6, 6.07) is 60.4. The van der Waals surface area contributed by atoms with Crippen LogP contribution in [0.25, 0.3) is 133 Å². The van der Waals surface area contributed by atoms with Crippen LogP contribution in [0.15, 0.2) is 224 Å². The molecule has 0 radical (unpaired) electrons. The molecule has 0 aliphatic carbocycles. The molecule has 0 saturated heterocycles. The predicted octanol–water partition coefficient (Wildman–Crippen LogP) is 21.0. The van der Waals surface area contributed by atoms with E-state index in [2.05, 4.69) is 137 Å². The Morgan fingerprint density at radius 3 is 1.24 bits per heavy atom. The Balaban J connectivity index is 0.000000123. The van der Waals surface area contributed by atoms with Crippen molar-refractivity contribution in [3.8, 4) is 45.0 Å². The van der Waals surface area contributed by atoms with Crippen molar-refractivity contribution in [3.63, 3.8) is 0 Å². The highest BCUT2D eigenvalue weighted by Gasteiger charge is 2.26. The molecule has 16 aromatic rings. The molecule has 0 spiro atoms. The normalized spacial score (nSPS) is 14.2. The zero-order chi connectivity index (χ0) is 74.4. The van der Waals surface area contributed by atoms with Crippen molar-refractivity contribution in [2.75, 3.05) is 0 Å². The molecule has 8 aromatic carbocycles. The second kappa shape index (κ2) is 25.2. The van der Waals surface area contributed by atoms with Gasteiger partial charge in [-0.15, -0.1) is 0 Å². The van der Waals surface area contributed by atoms with Gasteiger partial charge < -0.3 is 17.7 Å². The first-order valence-electron chi connectivity index (χ1n) is 36.9. The van der Waals surface area contributed by atoms with Crippen molar-refractivity contribution in [3.05, 3.63) is 262 Å². The van der Waals surface area contributed by atoms with Crippen molar-refractivity contribution in [2.24, 2.45) is 28.2 Å². The van der Waals surface area contributed by atoms with E-state index in [9.17, 15) is 0 Å². The molecular weight excluding hydrogens is 1150 g/mol. The fraction of sp³-hybridized carbons (Fsp3) is 0.209. The van der Waals surface area contributed by atoms with Crippen LogP contribution in [0.2, 0.25) is 0 Å². The van der Waals surface area contributed by atoms with E-state index >= 15 is 0 Å². The van der Waals surface area contributed by atoms with Crippen LogP contribution in [-0.4, -0.2) is 0 Å². The minimum Gasteiger partial charge on any atom is -0.455 e. The number of benzene rings is 8. The summed E-state index contributed by atoms with van der Waals surface area (Å²) in [5.74, 6) is -1.21. The number of aryl methyl sites for hydroxylation is 12. The molecule has 0 aliphatic heterocycles. The molecule has 0 N–H and O–H groups in total. The van der Waals surface area contributed by atoms with E-state index in [0.717, 1.165) is 133 Å². The molecule has 0 bridgehead atoms. The van der Waals surface area contributed by atoms with Gasteiger partial charge in [-0.2, -0.15) is 0 Å². The third-order valence-corrected chi connectivity index (χ3v) is 18.4. The highest BCUT2D eigenvalue weighted by Crippen LogP contribution is 2.42. The van der Waals surface area contributed by atoms with Gasteiger partial charge in [0, 0.05) is 104 Å². The molecule has 0 saturated carbocycles. The summed E-state index contributed by atoms with van der Waals surface area (Å²) in [7, 11) is 7.76. The number of fused-ring (bicyclic) bond motifs is 12. The lowest BCUT2D eigenvalue weighted by Crippen LogP contribution is -2.31. The smallest absolute Gasteiger partial charge is 0.216 e. The standard InChI is InChI=1S/C23H24NO.C22H22NO.C21H20NO.C20H18NO/c1-14(2)17-10-11-24(5)19(13-17)22-16(4)12-15(3)21-18-8-6-7-9-20(18)25-23(21)22;1-14(2)16-11-12-23(4)19(13-16)21-15(3)9-10-18-17-7-5-6-8-20(17)24-22(18)21;1-13-9-10-17-16-7-5-6-8-19(16)23-21(17)20(13)18-11-14(2)15(3)12-22(18)4;1-13-8-11-17(21(3)12-13)19-14(2)9-10-16-15-6-4-5-7-18(15)22-20(16)19/h6-14H,1-5H3;5-14H,1-4H3;5-12H,1-4H3;4-12H,1-3H3/q4*+1/i;1D3,14D;3D3;1D3. The Hall–Kier alpha value is -10.4. The van der Waals surface area contributed by atoms with Crippen LogP contribution in [-0.2, 0) is 28.2 Å². The summed E-state index contributed by atoms with van der Waals surface area (Å²) in [5.41, 5.74) is 23.9. The highest BCUT2D eigenvalue weighted by atomic mass is 16.3. The van der Waals surface area contributed by atoms with Gasteiger partial charge in [-0.1, -0.05) is 143 Å². The summed E-state index contributed by atoms with van der Waals surface area (Å²) >= 11 is 0. The molecule has 468 valence electrons. The first-order valence-corrected chi connectivity index (χ1v) is 31.9. The van der Waals surface area contributed by atoms with Gasteiger partial charge in [0.2, 0.25) is 22.8 Å². The van der Waals surface area contributed by atoms with Crippen LogP contribution >= 0.6 is 0 Å². The van der Waals surface area contributed by atoms with E-state index < -0.39 is 26.4 Å². The van der Waals surface area contributed by atoms with Gasteiger partial charge in [0.05, 0.1) is 22.3 Å². The molecule has 1 unspecified atom stereocenters. The predicted molar refractivity (Wildman–Crippen MR) is 387 cm³/mol. The molecule has 16 rings (SSSR count). The average Bonchev–Trinajstić information content (AvgIpc) is 1.59. The van der Waals surface area contributed by atoms with Crippen LogP contribution in [0.3, 0.4) is 0 Å². The third-order valence-electron chi connectivity index (χ3n) is 18.4. The van der Waals surface area contributed by atoms with Crippen LogP contribution in [0, 0.1) is 55.2 Å². The van der Waals surface area contributed by atoms with Gasteiger partial charge in [0.25, 0.3) is 0 Å². The van der Waals surface area contributed by atoms with E-state index in [-0.39, 0.29) is 0 Å². The Morgan fingerprint density at radius 1 is 0.340 bits per heavy atom. The van der Waals surface area contributed by atoms with Crippen molar-refractivity contribution in [1.82, 2.24) is 0 Å². The first-order chi connectivity index (χ1) is 49.2. The second-order valence-corrected chi connectivity index (χ2v) is 25.3. The van der Waals surface area contributed by atoms with Gasteiger partial charge in [-0.3, -0.25) is 0 Å². The molecular formula is C86H84N4O4+4. The Labute approximate surface area is 565 Å². The fourth-order valence-corrected chi connectivity index (χ4v) is 13.3. The fourth-order valence-electron chi connectivity index (χ4n) is 13.3. The summed E-state index contributed by atoms with van der Waals surface area (Å²) in [5, 5.41) is 8.79. The van der Waals surface area contributed by atoms with Gasteiger partial charge >= 0.3 is 0 Å². The minimum atomic E-state index is -2.43. The number of hydrogen-bond donors (Lipinski definition) is 0. The molecule has 0 aliphatic rings. The molecule has 8 heteroatoms. The van der Waals surface area contributed by atoms with Gasteiger partial charge in [0.1, 0.15) is 72.9 Å². The van der Waals surface area contributed by atoms with Crippen LogP contribution in [0.4, 0.5) is 0 Å². The maximum atomic E-state index is 8.46. The summed E-state index contributed by atoms with van der Waals surface area (Å²) in [6.45, 7) is 11.5. The Kier molecular flexibility index (Phi) is 13.7. The number of para-hydroxylation sites is 4. The van der Waals surface area contributed by atoms with Crippen molar-refractivity contribution < 1.29 is 49.6 Å². The minimum absolute atomic E-state index is 0.327. The molecule has 1 atom stereocenters. The van der Waals surface area contributed by atoms with Crippen LogP contribution in [0.5, 0.6) is 0 Å². The van der Waals surface area contributed by atoms with Gasteiger partial charge in [-0.05, 0) is 142 Å². The number of furan rings is 4. The average molecular weight is 1250 g/mol. The van der Waals surface area contributed by atoms with Crippen molar-refractivity contribution >= 4 is 87.8 Å². The SMILES string of the molecule is Cc1cc(C)c2c(oc3ccccc32)c1-c1cc(C(C)C)cc[n+]1C.[2H]C([2H])([2H])C([2H])(C)c1cc[n+](C)c(-c2c(C)ccc3c2oc2ccccc23)c1.[2H]C([2H])([2H])c1c[n+](C)c(-c2c(C)ccc3c2oc2ccccc23)cc1C.[2H]C([2H])([2H])c1ccc(-c2c(C)ccc3c2oc2ccccc23)[n+](C)c1. The lowest BCUT2D eigenvalue weighted by Gasteiger charge is -2.10. The zero-order valence-electron chi connectivity index (χ0n) is 65.6. The van der Waals surface area contributed by atoms with E-state index in [1.807, 2.05) is 141 Å². The maximum absolute atomic E-state index is 8.46. The van der Waals surface area contributed by atoms with E-state index in [0.29, 0.717) is 22.6 Å². The third kappa shape index (κ3) is 11.4. The molecule has 8 aromatic heterocycles. The highest BCUT2D eigenvalue weighted by molar-refractivity contribution is 6.13. The molecule has 0 fully saturated rings. The number of nitrogens with zero attached hydrogens (tertiary/aromatic N) is 4. The second-order valence-electron chi connectivity index (χ2n) is 25.3. The van der Waals surface area contributed by atoms with Crippen molar-refractivity contribution in [1.29, 1.82) is 0 Å². The first kappa shape index (κ1) is 51.1. The van der Waals surface area contributed by atoms with E-state index in [1.54, 1.807) is 30.6 Å². The van der Waals surface area contributed by atoms with Crippen LogP contribution < -0.4 is 18.3 Å². The largest absolute Gasteiger partial charge is 0.455 e. The number of hydrogen-bond acceptors (Lipinski definition) is 4. The van der Waals surface area contributed by atoms with Crippen molar-refractivity contribution in [2.45, 2.75) is 94.7 Å². The lowest BCUT2D eigenvalue weighted by molar-refractivity contribution is -0.660. The number of aromatic nitrogens is 4. The molecule has 94 heavy (non-hydrogen) atoms. The number of pyridine rings is 4.